The van der Waals surface area contributed by atoms with E-state index >= 15 is 0 Å². The van der Waals surface area contributed by atoms with Gasteiger partial charge in [0.05, 0.1) is 17.9 Å². The molecule has 0 aliphatic rings. The third-order valence-electron chi connectivity index (χ3n) is 4.39. The Morgan fingerprint density at radius 2 is 1.96 bits per heavy atom. The summed E-state index contributed by atoms with van der Waals surface area (Å²) in [4.78, 5) is 12.3. The highest BCUT2D eigenvalue weighted by atomic mass is 35.5. The van der Waals surface area contributed by atoms with Crippen molar-refractivity contribution in [3.05, 3.63) is 76.6 Å². The monoisotopic (exact) mass is 383 g/mol. The molecule has 0 unspecified atom stereocenters. The van der Waals surface area contributed by atoms with Crippen LogP contribution in [0.15, 0.2) is 54.7 Å². The molecule has 6 heteroatoms. The third kappa shape index (κ3) is 4.49. The first-order chi connectivity index (χ1) is 13.0. The molecule has 0 fully saturated rings. The third-order valence-corrected chi connectivity index (χ3v) is 4.62. The highest BCUT2D eigenvalue weighted by molar-refractivity contribution is 6.30. The number of hydrogen-bond donors (Lipinski definition) is 1. The van der Waals surface area contributed by atoms with Crippen LogP contribution in [-0.2, 0) is 4.79 Å². The molecule has 1 atom stereocenters. The van der Waals surface area contributed by atoms with Crippen LogP contribution in [0.3, 0.4) is 0 Å². The number of benzene rings is 2. The van der Waals surface area contributed by atoms with Gasteiger partial charge in [-0.05, 0) is 56.7 Å². The number of hydrogen-bond acceptors (Lipinski definition) is 3. The topological polar surface area (TPSA) is 56.1 Å². The number of carbonyl (C=O) groups is 1. The lowest BCUT2D eigenvalue weighted by molar-refractivity contribution is -0.123. The molecule has 2 aromatic carbocycles. The van der Waals surface area contributed by atoms with Gasteiger partial charge in [0, 0.05) is 16.3 Å². The zero-order chi connectivity index (χ0) is 19.4. The minimum atomic E-state index is -0.191. The van der Waals surface area contributed by atoms with Gasteiger partial charge in [-0.15, -0.1) is 0 Å². The summed E-state index contributed by atoms with van der Waals surface area (Å²) < 4.78 is 7.47. The fraction of sp³-hybridized carbons (Fsp3) is 0.238. The van der Waals surface area contributed by atoms with Gasteiger partial charge in [-0.25, -0.2) is 4.68 Å². The first kappa shape index (κ1) is 19.0. The van der Waals surface area contributed by atoms with E-state index in [4.69, 9.17) is 16.3 Å². The van der Waals surface area contributed by atoms with E-state index < -0.39 is 0 Å². The molecule has 1 amide bonds. The van der Waals surface area contributed by atoms with Gasteiger partial charge in [-0.3, -0.25) is 4.79 Å². The Balaban J connectivity index is 1.62. The van der Waals surface area contributed by atoms with Crippen LogP contribution < -0.4 is 10.1 Å². The predicted molar refractivity (Wildman–Crippen MR) is 107 cm³/mol. The molecular weight excluding hydrogens is 362 g/mol. The lowest BCUT2D eigenvalue weighted by atomic mass is 10.1. The molecule has 0 bridgehead atoms. The van der Waals surface area contributed by atoms with Crippen LogP contribution >= 0.6 is 11.6 Å². The smallest absolute Gasteiger partial charge is 0.258 e. The van der Waals surface area contributed by atoms with E-state index in [0.29, 0.717) is 10.8 Å². The molecule has 3 aromatic rings. The Morgan fingerprint density at radius 1 is 1.22 bits per heavy atom. The molecule has 1 heterocycles. The molecule has 1 N–H and O–H groups in total. The van der Waals surface area contributed by atoms with Gasteiger partial charge in [0.1, 0.15) is 5.75 Å². The van der Waals surface area contributed by atoms with Crippen LogP contribution in [0.1, 0.15) is 29.8 Å². The summed E-state index contributed by atoms with van der Waals surface area (Å²) in [7, 11) is 0. The molecule has 0 aliphatic heterocycles. The Hall–Kier alpha value is -2.79. The summed E-state index contributed by atoms with van der Waals surface area (Å²) in [6, 6.07) is 15.0. The van der Waals surface area contributed by atoms with Crippen LogP contribution in [0, 0.1) is 13.8 Å². The van der Waals surface area contributed by atoms with Crippen molar-refractivity contribution in [3.63, 3.8) is 0 Å². The van der Waals surface area contributed by atoms with Crippen molar-refractivity contribution in [2.75, 3.05) is 6.61 Å². The number of nitrogens with zero attached hydrogens (tertiary/aromatic N) is 2. The molecule has 0 radical (unpaired) electrons. The summed E-state index contributed by atoms with van der Waals surface area (Å²) in [5.41, 5.74) is 3.84. The molecule has 3 rings (SSSR count). The van der Waals surface area contributed by atoms with Gasteiger partial charge in [0.2, 0.25) is 0 Å². The lowest BCUT2D eigenvalue weighted by Gasteiger charge is -2.15. The number of carbonyl (C=O) groups excluding carboxylic acids is 1. The van der Waals surface area contributed by atoms with Gasteiger partial charge < -0.3 is 10.1 Å². The minimum Gasteiger partial charge on any atom is -0.484 e. The number of ether oxygens (including phenoxy) is 1. The standard InChI is InChI=1S/C21H22ClN3O2/c1-14-11-17(22)9-10-20(14)27-13-21(26)24-15(2)19-12-23-25(16(19)3)18-7-5-4-6-8-18/h4-12,15H,13H2,1-3H3,(H,24,26)/t15-/m1/s1. The van der Waals surface area contributed by atoms with Crippen LogP contribution in [0.4, 0.5) is 0 Å². The van der Waals surface area contributed by atoms with E-state index in [1.165, 1.54) is 0 Å². The van der Waals surface area contributed by atoms with Gasteiger partial charge >= 0.3 is 0 Å². The number of aromatic nitrogens is 2. The zero-order valence-corrected chi connectivity index (χ0v) is 16.3. The maximum Gasteiger partial charge on any atom is 0.258 e. The van der Waals surface area contributed by atoms with E-state index in [2.05, 4.69) is 10.4 Å². The number of halogens is 1. The van der Waals surface area contributed by atoms with Crippen molar-refractivity contribution < 1.29 is 9.53 Å². The second-order valence-corrected chi connectivity index (χ2v) is 6.86. The predicted octanol–water partition coefficient (Wildman–Crippen LogP) is 4.40. The zero-order valence-electron chi connectivity index (χ0n) is 15.6. The number of para-hydroxylation sites is 1. The van der Waals surface area contributed by atoms with E-state index in [1.54, 1.807) is 24.4 Å². The molecule has 140 valence electrons. The maximum absolute atomic E-state index is 12.3. The summed E-state index contributed by atoms with van der Waals surface area (Å²) in [6.07, 6.45) is 1.79. The maximum atomic E-state index is 12.3. The van der Waals surface area contributed by atoms with E-state index in [1.807, 2.05) is 55.8 Å². The molecular formula is C21H22ClN3O2. The molecule has 0 saturated carbocycles. The number of aryl methyl sites for hydroxylation is 1. The van der Waals surface area contributed by atoms with Gasteiger partial charge in [0.25, 0.3) is 5.91 Å². The average molecular weight is 384 g/mol. The second-order valence-electron chi connectivity index (χ2n) is 6.42. The fourth-order valence-corrected chi connectivity index (χ4v) is 3.18. The van der Waals surface area contributed by atoms with Crippen molar-refractivity contribution in [2.45, 2.75) is 26.8 Å². The SMILES string of the molecule is Cc1cc(Cl)ccc1OCC(=O)N[C@H](C)c1cnn(-c2ccccc2)c1C. The van der Waals surface area contributed by atoms with E-state index in [-0.39, 0.29) is 18.6 Å². The summed E-state index contributed by atoms with van der Waals surface area (Å²) >= 11 is 5.93. The Bertz CT molecular complexity index is 938. The van der Waals surface area contributed by atoms with Crippen molar-refractivity contribution in [1.29, 1.82) is 0 Å². The average Bonchev–Trinajstić information content (AvgIpc) is 3.03. The molecule has 0 spiro atoms. The van der Waals surface area contributed by atoms with Crippen molar-refractivity contribution >= 4 is 17.5 Å². The number of rotatable bonds is 6. The summed E-state index contributed by atoms with van der Waals surface area (Å²) in [5, 5.41) is 8.05. The normalized spacial score (nSPS) is 11.9. The van der Waals surface area contributed by atoms with Crippen molar-refractivity contribution in [2.24, 2.45) is 0 Å². The number of amides is 1. The number of nitrogens with one attached hydrogen (secondary N) is 1. The Labute approximate surface area is 163 Å². The quantitative estimate of drug-likeness (QED) is 0.686. The van der Waals surface area contributed by atoms with Gasteiger partial charge in [-0.2, -0.15) is 5.10 Å². The Morgan fingerprint density at radius 3 is 2.67 bits per heavy atom. The minimum absolute atomic E-state index is 0.0569. The van der Waals surface area contributed by atoms with Crippen LogP contribution in [0.25, 0.3) is 5.69 Å². The first-order valence-corrected chi connectivity index (χ1v) is 9.11. The summed E-state index contributed by atoms with van der Waals surface area (Å²) in [6.45, 7) is 5.76. The molecule has 27 heavy (non-hydrogen) atoms. The molecule has 1 aromatic heterocycles. The molecule has 0 saturated heterocycles. The van der Waals surface area contributed by atoms with Crippen LogP contribution in [-0.4, -0.2) is 22.3 Å². The highest BCUT2D eigenvalue weighted by Crippen LogP contribution is 2.22. The molecule has 5 nitrogen and oxygen atoms in total. The van der Waals surface area contributed by atoms with Crippen molar-refractivity contribution in [1.82, 2.24) is 15.1 Å². The van der Waals surface area contributed by atoms with Gasteiger partial charge in [0.15, 0.2) is 6.61 Å². The first-order valence-electron chi connectivity index (χ1n) is 8.74. The molecule has 0 aliphatic carbocycles. The highest BCUT2D eigenvalue weighted by Gasteiger charge is 2.16. The van der Waals surface area contributed by atoms with E-state index in [9.17, 15) is 4.79 Å². The Kier molecular flexibility index (Phi) is 5.81. The van der Waals surface area contributed by atoms with Crippen LogP contribution in [0.2, 0.25) is 5.02 Å². The van der Waals surface area contributed by atoms with Crippen LogP contribution in [0.5, 0.6) is 5.75 Å². The van der Waals surface area contributed by atoms with Crippen molar-refractivity contribution in [3.8, 4) is 11.4 Å². The van der Waals surface area contributed by atoms with Gasteiger partial charge in [-0.1, -0.05) is 29.8 Å². The fourth-order valence-electron chi connectivity index (χ4n) is 2.96. The largest absolute Gasteiger partial charge is 0.484 e. The van der Waals surface area contributed by atoms with E-state index in [0.717, 1.165) is 22.5 Å². The summed E-state index contributed by atoms with van der Waals surface area (Å²) in [5.74, 6) is 0.457. The second kappa shape index (κ2) is 8.27. The lowest BCUT2D eigenvalue weighted by Crippen LogP contribution is -2.31.